The van der Waals surface area contributed by atoms with E-state index in [-0.39, 0.29) is 17.7 Å². The van der Waals surface area contributed by atoms with Gasteiger partial charge in [0.1, 0.15) is 11.4 Å². The number of aromatic nitrogens is 3. The van der Waals surface area contributed by atoms with Gasteiger partial charge in [0.05, 0.1) is 23.9 Å². The molecule has 0 aliphatic heterocycles. The first-order valence-corrected chi connectivity index (χ1v) is 11.6. The quantitative estimate of drug-likeness (QED) is 0.328. The third kappa shape index (κ3) is 4.57. The van der Waals surface area contributed by atoms with Crippen molar-refractivity contribution in [2.24, 2.45) is 0 Å². The molecule has 4 rings (SSSR count). The van der Waals surface area contributed by atoms with Gasteiger partial charge < -0.3 is 20.4 Å². The third-order valence-corrected chi connectivity index (χ3v) is 6.40. The van der Waals surface area contributed by atoms with Gasteiger partial charge in [0, 0.05) is 35.7 Å². The smallest absolute Gasteiger partial charge is 0.321 e. The Morgan fingerprint density at radius 3 is 2.79 bits per heavy atom. The molecule has 1 amide bonds. The summed E-state index contributed by atoms with van der Waals surface area (Å²) in [6.45, 7) is 6.08. The molecule has 1 aliphatic rings. The fourth-order valence-corrected chi connectivity index (χ4v) is 4.41. The molecule has 1 aromatic carbocycles. The summed E-state index contributed by atoms with van der Waals surface area (Å²) in [5.74, 6) is 2.46. The molecule has 1 aliphatic carbocycles. The lowest BCUT2D eigenvalue weighted by molar-refractivity contribution is -0.617. The van der Waals surface area contributed by atoms with E-state index in [1.54, 1.807) is 18.2 Å². The molecular weight excluding hydrogens is 432 g/mol. The van der Waals surface area contributed by atoms with E-state index in [1.165, 1.54) is 6.07 Å². The molecule has 3 aromatic rings. The number of terminal acetylenes is 1. The van der Waals surface area contributed by atoms with E-state index in [2.05, 4.69) is 11.2 Å². The van der Waals surface area contributed by atoms with Crippen molar-refractivity contribution in [2.45, 2.75) is 64.0 Å². The molecule has 0 bridgehead atoms. The number of carbonyl (C=O) groups excluding carboxylic acids is 1. The lowest BCUT2D eigenvalue weighted by Gasteiger charge is -2.32. The van der Waals surface area contributed by atoms with E-state index < -0.39 is 11.5 Å². The molecule has 2 N–H and O–H groups in total. The first-order chi connectivity index (χ1) is 16.2. The number of hydrogen-bond donors (Lipinski definition) is 2. The van der Waals surface area contributed by atoms with E-state index in [1.807, 2.05) is 37.7 Å². The maximum Gasteiger partial charge on any atom is 0.321 e. The summed E-state index contributed by atoms with van der Waals surface area (Å²) in [5, 5.41) is 31.4. The van der Waals surface area contributed by atoms with Crippen molar-refractivity contribution in [1.29, 1.82) is 0 Å². The molecule has 8 heteroatoms. The minimum atomic E-state index is -1.03. The molecule has 34 heavy (non-hydrogen) atoms. The van der Waals surface area contributed by atoms with Crippen LogP contribution in [0.1, 0.15) is 74.6 Å². The van der Waals surface area contributed by atoms with Crippen LogP contribution in [0.3, 0.4) is 0 Å². The fraction of sp³-hybridized carbons (Fsp3) is 0.423. The van der Waals surface area contributed by atoms with Gasteiger partial charge in [0.25, 0.3) is 5.69 Å². The molecular formula is C26H30N4O4. The zero-order valence-electron chi connectivity index (χ0n) is 19.7. The van der Waals surface area contributed by atoms with Crippen molar-refractivity contribution in [1.82, 2.24) is 9.78 Å². The first-order valence-electron chi connectivity index (χ1n) is 11.6. The Labute approximate surface area is 199 Å². The molecule has 0 spiro atoms. The van der Waals surface area contributed by atoms with Crippen LogP contribution in [-0.2, 0) is 0 Å². The highest BCUT2D eigenvalue weighted by Crippen LogP contribution is 2.36. The van der Waals surface area contributed by atoms with Crippen molar-refractivity contribution in [3.05, 3.63) is 53.1 Å². The van der Waals surface area contributed by atoms with Crippen molar-refractivity contribution in [2.75, 3.05) is 11.9 Å². The molecule has 178 valence electrons. The largest absolute Gasteiger partial charge is 0.618 e. The number of hydrogen-bond acceptors (Lipinski definition) is 5. The lowest BCUT2D eigenvalue weighted by atomic mass is 9.83. The number of fused-ring (bicyclic) bond motifs is 1. The lowest BCUT2D eigenvalue weighted by Crippen LogP contribution is -2.41. The predicted octanol–water partition coefficient (Wildman–Crippen LogP) is 3.92. The molecule has 0 atom stereocenters. The van der Waals surface area contributed by atoms with Gasteiger partial charge in [-0.05, 0) is 44.7 Å². The molecule has 2 heterocycles. The molecule has 1 saturated carbocycles. The highest BCUT2D eigenvalue weighted by Gasteiger charge is 2.32. The first kappa shape index (κ1) is 23.6. The Balaban J connectivity index is 1.63. The number of aliphatic hydroxyl groups is 1. The summed E-state index contributed by atoms with van der Waals surface area (Å²) in [6, 6.07) is 8.67. The summed E-state index contributed by atoms with van der Waals surface area (Å²) in [5.41, 5.74) is 0.721. The van der Waals surface area contributed by atoms with E-state index in [0.717, 1.165) is 23.7 Å². The van der Waals surface area contributed by atoms with Crippen LogP contribution in [0.5, 0.6) is 5.75 Å². The highest BCUT2D eigenvalue weighted by molar-refractivity contribution is 6.04. The van der Waals surface area contributed by atoms with E-state index in [0.29, 0.717) is 41.3 Å². The monoisotopic (exact) mass is 462 g/mol. The second-order valence-electron chi connectivity index (χ2n) is 9.10. The number of anilines is 1. The number of pyridine rings is 1. The number of nitrogens with one attached hydrogen (secondary N) is 1. The number of carbonyl (C=O) groups is 1. The van der Waals surface area contributed by atoms with Gasteiger partial charge in [-0.25, -0.2) is 0 Å². The average molecular weight is 463 g/mol. The van der Waals surface area contributed by atoms with Gasteiger partial charge in [-0.3, -0.25) is 9.48 Å². The Morgan fingerprint density at radius 2 is 2.15 bits per heavy atom. The summed E-state index contributed by atoms with van der Waals surface area (Å²) in [6.07, 6.45) is 9.91. The van der Waals surface area contributed by atoms with Crippen LogP contribution in [0.2, 0.25) is 0 Å². The zero-order valence-corrected chi connectivity index (χ0v) is 19.7. The van der Waals surface area contributed by atoms with Crippen LogP contribution in [0, 0.1) is 17.6 Å². The minimum Gasteiger partial charge on any atom is -0.618 e. The Hall–Kier alpha value is -3.57. The van der Waals surface area contributed by atoms with Gasteiger partial charge in [-0.2, -0.15) is 9.83 Å². The van der Waals surface area contributed by atoms with Crippen LogP contribution >= 0.6 is 0 Å². The normalized spacial score (nSPS) is 20.3. The molecule has 1 fully saturated rings. The third-order valence-electron chi connectivity index (χ3n) is 6.40. The second-order valence-corrected chi connectivity index (χ2v) is 9.10. The van der Waals surface area contributed by atoms with Crippen LogP contribution in [-0.4, -0.2) is 33.0 Å². The molecule has 0 radical (unpaired) electrons. The number of rotatable bonds is 6. The summed E-state index contributed by atoms with van der Waals surface area (Å²) < 4.78 is 8.35. The number of benzene rings is 1. The number of ether oxygens (including phenoxy) is 1. The van der Waals surface area contributed by atoms with Crippen molar-refractivity contribution < 1.29 is 19.4 Å². The van der Waals surface area contributed by atoms with E-state index in [4.69, 9.17) is 16.3 Å². The summed E-state index contributed by atoms with van der Waals surface area (Å²) in [7, 11) is 0. The van der Waals surface area contributed by atoms with Gasteiger partial charge in [-0.1, -0.05) is 19.8 Å². The van der Waals surface area contributed by atoms with Crippen molar-refractivity contribution in [3.63, 3.8) is 0 Å². The Bertz CT molecular complexity index is 1250. The predicted molar refractivity (Wildman–Crippen MR) is 130 cm³/mol. The average Bonchev–Trinajstić information content (AvgIpc) is 3.22. The second kappa shape index (κ2) is 9.35. The Morgan fingerprint density at radius 1 is 1.41 bits per heavy atom. The van der Waals surface area contributed by atoms with Gasteiger partial charge in [0.15, 0.2) is 5.69 Å². The minimum absolute atomic E-state index is 0.0113. The van der Waals surface area contributed by atoms with Crippen LogP contribution in [0.15, 0.2) is 36.5 Å². The Kier molecular flexibility index (Phi) is 6.49. The maximum atomic E-state index is 13.0. The molecule has 2 aromatic heterocycles. The van der Waals surface area contributed by atoms with Crippen molar-refractivity contribution >= 4 is 22.5 Å². The van der Waals surface area contributed by atoms with Gasteiger partial charge in [-0.15, -0.1) is 6.42 Å². The van der Waals surface area contributed by atoms with E-state index in [9.17, 15) is 15.1 Å². The molecule has 8 nitrogen and oxygen atoms in total. The highest BCUT2D eigenvalue weighted by atomic mass is 16.5. The topological polar surface area (TPSA) is 103 Å². The summed E-state index contributed by atoms with van der Waals surface area (Å²) in [4.78, 5) is 13.0. The maximum absolute atomic E-state index is 13.0. The SMILES string of the molecule is C#CC1(O)CCC(n2cc3cc(NC(=O)c4cccc(C(C)C)[n+]4[O-])c(OCC)cc3n2)CC1. The van der Waals surface area contributed by atoms with Crippen molar-refractivity contribution in [3.8, 4) is 18.1 Å². The van der Waals surface area contributed by atoms with Crippen LogP contribution < -0.4 is 14.8 Å². The van der Waals surface area contributed by atoms with Gasteiger partial charge in [0.2, 0.25) is 0 Å². The number of amides is 1. The van der Waals surface area contributed by atoms with Crippen LogP contribution in [0.4, 0.5) is 5.69 Å². The number of nitrogens with zero attached hydrogens (tertiary/aromatic N) is 3. The molecule has 0 saturated heterocycles. The van der Waals surface area contributed by atoms with Crippen LogP contribution in [0.25, 0.3) is 10.9 Å². The fourth-order valence-electron chi connectivity index (χ4n) is 4.41. The standard InChI is InChI=1S/C26H30N4O4/c1-5-26(32)12-10-19(11-13-26)29-16-18-14-21(24(34-6-2)15-20(18)28-29)27-25(31)23-9-7-8-22(17(3)4)30(23)33/h1,7-9,14-17,19,32H,6,10-13H2,2-4H3,(H,27,31). The van der Waals surface area contributed by atoms with Gasteiger partial charge >= 0.3 is 5.91 Å². The molecule has 0 unspecified atom stereocenters. The zero-order chi connectivity index (χ0) is 24.5. The summed E-state index contributed by atoms with van der Waals surface area (Å²) >= 11 is 0. The van der Waals surface area contributed by atoms with E-state index >= 15 is 0 Å².